The molecule has 0 atom stereocenters. The fourth-order valence-corrected chi connectivity index (χ4v) is 1.30. The molecule has 0 saturated carbocycles. The average Bonchev–Trinajstić information content (AvgIpc) is 1.91. The van der Waals surface area contributed by atoms with Crippen LogP contribution >= 0.6 is 11.8 Å². The van der Waals surface area contributed by atoms with Crippen molar-refractivity contribution in [3.8, 4) is 0 Å². The minimum Gasteiger partial charge on any atom is -1.00 e. The Bertz CT molecular complexity index is 167. The maximum Gasteiger partial charge on any atom is 0.168 e. The second-order valence-corrected chi connectivity index (χ2v) is 3.01. The zero-order valence-electron chi connectivity index (χ0n) is 5.80. The molecule has 1 nitrogen and oxygen atoms in total. The van der Waals surface area contributed by atoms with Crippen LogP contribution in [0.15, 0.2) is 29.4 Å². The van der Waals surface area contributed by atoms with Gasteiger partial charge in [0.05, 0.1) is 0 Å². The monoisotopic (exact) mass is 267 g/mol. The Labute approximate surface area is 82.6 Å². The number of pyridine rings is 1. The van der Waals surface area contributed by atoms with E-state index in [0.29, 0.717) is 0 Å². The Morgan fingerprint density at radius 3 is 2.50 bits per heavy atom. The number of halogens is 1. The third-order valence-corrected chi connectivity index (χ3v) is 1.89. The van der Waals surface area contributed by atoms with Crippen molar-refractivity contribution in [2.45, 2.75) is 11.8 Å². The van der Waals surface area contributed by atoms with Crippen LogP contribution in [0, 0.1) is 0 Å². The number of aromatic nitrogens is 1. The normalized spacial score (nSPS) is 8.50. The quantitative estimate of drug-likeness (QED) is 0.476. The summed E-state index contributed by atoms with van der Waals surface area (Å²) in [7, 11) is 0. The molecule has 1 heterocycles. The van der Waals surface area contributed by atoms with E-state index in [1.807, 2.05) is 24.2 Å². The molecule has 0 saturated heterocycles. The number of thioether (sulfide) groups is 1. The molecule has 0 aromatic carbocycles. The molecule has 0 spiro atoms. The van der Waals surface area contributed by atoms with Gasteiger partial charge in [-0.05, 0) is 5.75 Å². The highest BCUT2D eigenvalue weighted by molar-refractivity contribution is 7.99. The molecule has 1 N–H and O–H groups in total. The van der Waals surface area contributed by atoms with E-state index in [2.05, 4.69) is 24.0 Å². The lowest BCUT2D eigenvalue weighted by atomic mass is 10.5. The highest BCUT2D eigenvalue weighted by atomic mass is 127. The molecule has 0 bridgehead atoms. The molecule has 0 radical (unpaired) electrons. The zero-order valence-corrected chi connectivity index (χ0v) is 8.78. The lowest BCUT2D eigenvalue weighted by Crippen LogP contribution is -3.00. The van der Waals surface area contributed by atoms with Gasteiger partial charge < -0.3 is 24.0 Å². The molecule has 10 heavy (non-hydrogen) atoms. The number of H-pyrrole nitrogens is 1. The summed E-state index contributed by atoms with van der Waals surface area (Å²) in [4.78, 5) is 4.31. The van der Waals surface area contributed by atoms with Crippen molar-refractivity contribution in [1.29, 1.82) is 0 Å². The number of aromatic amines is 1. The van der Waals surface area contributed by atoms with E-state index in [0.717, 1.165) is 5.75 Å². The van der Waals surface area contributed by atoms with Gasteiger partial charge in [0, 0.05) is 17.0 Å². The van der Waals surface area contributed by atoms with E-state index < -0.39 is 0 Å². The Kier molecular flexibility index (Phi) is 6.11. The molecular weight excluding hydrogens is 257 g/mol. The summed E-state index contributed by atoms with van der Waals surface area (Å²) in [5, 5.41) is 0. The second-order valence-electron chi connectivity index (χ2n) is 1.67. The first-order valence-corrected chi connectivity index (χ1v) is 4.01. The minimum absolute atomic E-state index is 0. The molecule has 0 aliphatic heterocycles. The minimum atomic E-state index is 0. The topological polar surface area (TPSA) is 14.1 Å². The van der Waals surface area contributed by atoms with Crippen molar-refractivity contribution in [2.75, 3.05) is 5.75 Å². The lowest BCUT2D eigenvalue weighted by molar-refractivity contribution is -0.378. The average molecular weight is 267 g/mol. The molecular formula is C7H10INS. The van der Waals surface area contributed by atoms with Crippen molar-refractivity contribution in [3.63, 3.8) is 0 Å². The second kappa shape index (κ2) is 5.97. The van der Waals surface area contributed by atoms with Crippen LogP contribution < -0.4 is 29.0 Å². The van der Waals surface area contributed by atoms with E-state index >= 15 is 0 Å². The van der Waals surface area contributed by atoms with E-state index in [1.165, 1.54) is 4.90 Å². The molecule has 0 aliphatic carbocycles. The van der Waals surface area contributed by atoms with Crippen LogP contribution in [0.25, 0.3) is 0 Å². The first-order valence-electron chi connectivity index (χ1n) is 3.02. The van der Waals surface area contributed by atoms with Gasteiger partial charge in [-0.2, -0.15) is 0 Å². The van der Waals surface area contributed by atoms with Gasteiger partial charge in [0.15, 0.2) is 12.4 Å². The predicted octanol–water partition coefficient (Wildman–Crippen LogP) is -1.38. The van der Waals surface area contributed by atoms with Gasteiger partial charge in [-0.25, -0.2) is 4.98 Å². The van der Waals surface area contributed by atoms with Crippen molar-refractivity contribution in [1.82, 2.24) is 0 Å². The Balaban J connectivity index is 0.000000810. The van der Waals surface area contributed by atoms with E-state index in [1.54, 1.807) is 0 Å². The molecule has 1 aromatic rings. The molecule has 0 amide bonds. The summed E-state index contributed by atoms with van der Waals surface area (Å²) < 4.78 is 0. The standard InChI is InChI=1S/C7H9NS.HI/c1-2-9-7-3-5-8-6-4-7;/h3-6H,2H2,1H3;1H. The zero-order chi connectivity index (χ0) is 6.53. The van der Waals surface area contributed by atoms with E-state index in [9.17, 15) is 0 Å². The van der Waals surface area contributed by atoms with Gasteiger partial charge in [0.25, 0.3) is 0 Å². The fraction of sp³-hybridized carbons (Fsp3) is 0.286. The molecule has 0 unspecified atom stereocenters. The maximum absolute atomic E-state index is 2.98. The van der Waals surface area contributed by atoms with Gasteiger partial charge in [0.1, 0.15) is 0 Å². The maximum atomic E-state index is 2.98. The highest BCUT2D eigenvalue weighted by Crippen LogP contribution is 2.13. The third kappa shape index (κ3) is 3.41. The van der Waals surface area contributed by atoms with Crippen LogP contribution in [0.4, 0.5) is 0 Å². The van der Waals surface area contributed by atoms with Gasteiger partial charge in [-0.3, -0.25) is 0 Å². The van der Waals surface area contributed by atoms with Gasteiger partial charge in [-0.15, -0.1) is 11.8 Å². The van der Waals surface area contributed by atoms with Crippen LogP contribution in [0.5, 0.6) is 0 Å². The van der Waals surface area contributed by atoms with Crippen LogP contribution in [-0.4, -0.2) is 5.75 Å². The van der Waals surface area contributed by atoms with Crippen molar-refractivity contribution < 1.29 is 29.0 Å². The van der Waals surface area contributed by atoms with Crippen molar-refractivity contribution >= 4 is 11.8 Å². The van der Waals surface area contributed by atoms with Gasteiger partial charge in [0.2, 0.25) is 0 Å². The smallest absolute Gasteiger partial charge is 0.168 e. The first kappa shape index (κ1) is 10.2. The van der Waals surface area contributed by atoms with Gasteiger partial charge in [-0.1, -0.05) is 6.92 Å². The summed E-state index contributed by atoms with van der Waals surface area (Å²) in [5.41, 5.74) is 0. The molecule has 0 aliphatic rings. The van der Waals surface area contributed by atoms with Crippen molar-refractivity contribution in [2.24, 2.45) is 0 Å². The largest absolute Gasteiger partial charge is 1.00 e. The number of hydrogen-bond acceptors (Lipinski definition) is 1. The predicted molar refractivity (Wildman–Crippen MR) is 39.4 cm³/mol. The van der Waals surface area contributed by atoms with E-state index in [-0.39, 0.29) is 24.0 Å². The molecule has 0 fully saturated rings. The first-order chi connectivity index (χ1) is 4.43. The molecule has 56 valence electrons. The summed E-state index contributed by atoms with van der Waals surface area (Å²) in [5.74, 6) is 1.14. The Morgan fingerprint density at radius 2 is 2.00 bits per heavy atom. The Hall–Kier alpha value is 0.230. The number of hydrogen-bond donors (Lipinski definition) is 0. The van der Waals surface area contributed by atoms with Gasteiger partial charge >= 0.3 is 0 Å². The summed E-state index contributed by atoms with van der Waals surface area (Å²) >= 11 is 1.86. The Morgan fingerprint density at radius 1 is 1.40 bits per heavy atom. The third-order valence-electron chi connectivity index (χ3n) is 0.999. The molecule has 3 heteroatoms. The van der Waals surface area contributed by atoms with Crippen LogP contribution in [-0.2, 0) is 0 Å². The SMILES string of the molecule is CCSc1cc[nH+]cc1.[I-]. The summed E-state index contributed by atoms with van der Waals surface area (Å²) in [6.45, 7) is 2.15. The van der Waals surface area contributed by atoms with Crippen LogP contribution in [0.3, 0.4) is 0 Å². The molecule has 1 aromatic heterocycles. The molecule has 1 rings (SSSR count). The lowest BCUT2D eigenvalue weighted by Gasteiger charge is -1.90. The fourth-order valence-electron chi connectivity index (χ4n) is 0.634. The van der Waals surface area contributed by atoms with Crippen molar-refractivity contribution in [3.05, 3.63) is 24.5 Å². The summed E-state index contributed by atoms with van der Waals surface area (Å²) in [6, 6.07) is 4.16. The van der Waals surface area contributed by atoms with Crippen LogP contribution in [0.1, 0.15) is 6.92 Å². The number of nitrogens with one attached hydrogen (secondary N) is 1. The number of rotatable bonds is 2. The highest BCUT2D eigenvalue weighted by Gasteiger charge is 1.88. The van der Waals surface area contributed by atoms with E-state index in [4.69, 9.17) is 0 Å². The summed E-state index contributed by atoms with van der Waals surface area (Å²) in [6.07, 6.45) is 3.88. The van der Waals surface area contributed by atoms with Crippen LogP contribution in [0.2, 0.25) is 0 Å².